The van der Waals surface area contributed by atoms with Crippen LogP contribution in [0.3, 0.4) is 0 Å². The Bertz CT molecular complexity index is 1040. The number of rotatable bonds is 4. The number of nitrogens with zero attached hydrogens (tertiary/aromatic N) is 2. The number of hydrogen-bond donors (Lipinski definition) is 0. The lowest BCUT2D eigenvalue weighted by Crippen LogP contribution is -2.21. The largest absolute Gasteiger partial charge is 0.445 e. The molecule has 0 atom stereocenters. The monoisotopic (exact) mass is 348 g/mol. The molecule has 2 heterocycles. The summed E-state index contributed by atoms with van der Waals surface area (Å²) in [6.45, 7) is -0.0834. The van der Waals surface area contributed by atoms with E-state index in [1.807, 2.05) is 0 Å². The predicted molar refractivity (Wildman–Crippen MR) is 84.8 cm³/mol. The molecule has 24 heavy (non-hydrogen) atoms. The third kappa shape index (κ3) is 3.28. The summed E-state index contributed by atoms with van der Waals surface area (Å²) < 4.78 is 43.7. The molecule has 0 unspecified atom stereocenters. The maximum absolute atomic E-state index is 14.3. The van der Waals surface area contributed by atoms with Gasteiger partial charge < -0.3 is 8.98 Å². The van der Waals surface area contributed by atoms with E-state index >= 15 is 0 Å². The molecule has 3 rings (SSSR count). The van der Waals surface area contributed by atoms with Crippen molar-refractivity contribution < 1.29 is 17.2 Å². The number of aromatic nitrogens is 2. The lowest BCUT2D eigenvalue weighted by molar-refractivity contribution is 0.569. The molecule has 0 aliphatic rings. The molecular weight excluding hydrogens is 335 g/mol. The van der Waals surface area contributed by atoms with Crippen LogP contribution in [0.2, 0.25) is 0 Å². The van der Waals surface area contributed by atoms with E-state index in [0.717, 1.165) is 16.9 Å². The first-order valence-corrected chi connectivity index (χ1v) is 8.82. The fourth-order valence-electron chi connectivity index (χ4n) is 2.21. The SMILES string of the molecule is CS(=O)(=O)c1ccc(=O)n(Cc2ccc(-c3ncco3)cc2F)c1. The first kappa shape index (κ1) is 16.1. The van der Waals surface area contributed by atoms with Crippen molar-refractivity contribution in [2.75, 3.05) is 6.26 Å². The van der Waals surface area contributed by atoms with Gasteiger partial charge in [-0.25, -0.2) is 17.8 Å². The molecule has 0 fully saturated rings. The maximum Gasteiger partial charge on any atom is 0.250 e. The molecule has 3 aromatic rings. The Hall–Kier alpha value is -2.74. The van der Waals surface area contributed by atoms with Gasteiger partial charge in [-0.2, -0.15) is 0 Å². The topological polar surface area (TPSA) is 82.2 Å². The number of oxazole rings is 1. The number of halogens is 1. The van der Waals surface area contributed by atoms with Crippen LogP contribution in [0.1, 0.15) is 5.56 Å². The minimum absolute atomic E-state index is 0.00101. The predicted octanol–water partition coefficient (Wildman–Crippen LogP) is 2.09. The molecule has 0 amide bonds. The number of sulfone groups is 1. The van der Waals surface area contributed by atoms with Crippen LogP contribution in [0.5, 0.6) is 0 Å². The van der Waals surface area contributed by atoms with Crippen molar-refractivity contribution >= 4 is 9.84 Å². The molecule has 0 N–H and O–H groups in total. The minimum Gasteiger partial charge on any atom is -0.445 e. The van der Waals surface area contributed by atoms with E-state index in [2.05, 4.69) is 4.98 Å². The van der Waals surface area contributed by atoms with Gasteiger partial charge in [0.15, 0.2) is 9.84 Å². The van der Waals surface area contributed by atoms with Gasteiger partial charge in [-0.3, -0.25) is 4.79 Å². The van der Waals surface area contributed by atoms with Crippen LogP contribution in [0.25, 0.3) is 11.5 Å². The molecule has 0 spiro atoms. The fourth-order valence-corrected chi connectivity index (χ4v) is 2.84. The van der Waals surface area contributed by atoms with Crippen molar-refractivity contribution in [1.29, 1.82) is 0 Å². The number of pyridine rings is 1. The smallest absolute Gasteiger partial charge is 0.250 e. The van der Waals surface area contributed by atoms with Crippen LogP contribution in [0.15, 0.2) is 63.1 Å². The van der Waals surface area contributed by atoms with E-state index in [1.54, 1.807) is 6.07 Å². The summed E-state index contributed by atoms with van der Waals surface area (Å²) in [6, 6.07) is 6.77. The second-order valence-corrected chi connectivity index (χ2v) is 7.26. The molecular formula is C16H13FN2O4S. The lowest BCUT2D eigenvalue weighted by atomic mass is 10.1. The van der Waals surface area contributed by atoms with E-state index in [4.69, 9.17) is 4.42 Å². The van der Waals surface area contributed by atoms with Crippen molar-refractivity contribution in [3.63, 3.8) is 0 Å². The summed E-state index contributed by atoms with van der Waals surface area (Å²) in [5, 5.41) is 0. The average Bonchev–Trinajstić information content (AvgIpc) is 3.04. The van der Waals surface area contributed by atoms with Gasteiger partial charge in [-0.1, -0.05) is 6.07 Å². The average molecular weight is 348 g/mol. The third-order valence-corrected chi connectivity index (χ3v) is 4.56. The minimum atomic E-state index is -3.45. The Labute approximate surface area is 137 Å². The highest BCUT2D eigenvalue weighted by molar-refractivity contribution is 7.90. The first-order chi connectivity index (χ1) is 11.3. The van der Waals surface area contributed by atoms with Crippen LogP contribution >= 0.6 is 0 Å². The summed E-state index contributed by atoms with van der Waals surface area (Å²) in [6.07, 6.45) is 5.09. The second kappa shape index (κ2) is 6.04. The van der Waals surface area contributed by atoms with Crippen molar-refractivity contribution in [1.82, 2.24) is 9.55 Å². The van der Waals surface area contributed by atoms with E-state index in [0.29, 0.717) is 5.56 Å². The molecule has 0 aliphatic heterocycles. The molecule has 0 aliphatic carbocycles. The Kier molecular flexibility index (Phi) is 4.06. The number of hydrogen-bond acceptors (Lipinski definition) is 5. The van der Waals surface area contributed by atoms with Gasteiger partial charge >= 0.3 is 0 Å². The van der Waals surface area contributed by atoms with E-state index in [-0.39, 0.29) is 22.9 Å². The summed E-state index contributed by atoms with van der Waals surface area (Å²) >= 11 is 0. The Balaban J connectivity index is 1.96. The van der Waals surface area contributed by atoms with Crippen LogP contribution < -0.4 is 5.56 Å². The van der Waals surface area contributed by atoms with Gasteiger partial charge in [0, 0.05) is 29.6 Å². The molecule has 0 radical (unpaired) electrons. The molecule has 2 aromatic heterocycles. The van der Waals surface area contributed by atoms with Gasteiger partial charge in [-0.05, 0) is 18.2 Å². The summed E-state index contributed by atoms with van der Waals surface area (Å²) in [5.74, 6) is -0.251. The molecule has 1 aromatic carbocycles. The van der Waals surface area contributed by atoms with Crippen molar-refractivity contribution in [2.24, 2.45) is 0 Å². The zero-order valence-electron chi connectivity index (χ0n) is 12.6. The van der Waals surface area contributed by atoms with Crippen LogP contribution in [0.4, 0.5) is 4.39 Å². The summed E-state index contributed by atoms with van der Waals surface area (Å²) in [7, 11) is -3.45. The van der Waals surface area contributed by atoms with Crippen molar-refractivity contribution in [3.8, 4) is 11.5 Å². The molecule has 124 valence electrons. The molecule has 0 bridgehead atoms. The Morgan fingerprint density at radius 3 is 2.67 bits per heavy atom. The normalized spacial score (nSPS) is 11.6. The van der Waals surface area contributed by atoms with E-state index in [1.165, 1.54) is 36.9 Å². The van der Waals surface area contributed by atoms with Gasteiger partial charge in [0.2, 0.25) is 5.89 Å². The Morgan fingerprint density at radius 1 is 1.25 bits per heavy atom. The van der Waals surface area contributed by atoms with E-state index < -0.39 is 21.2 Å². The highest BCUT2D eigenvalue weighted by Crippen LogP contribution is 2.20. The highest BCUT2D eigenvalue weighted by Gasteiger charge is 2.12. The zero-order valence-corrected chi connectivity index (χ0v) is 13.5. The van der Waals surface area contributed by atoms with Crippen molar-refractivity contribution in [2.45, 2.75) is 11.4 Å². The van der Waals surface area contributed by atoms with Gasteiger partial charge in [-0.15, -0.1) is 0 Å². The lowest BCUT2D eigenvalue weighted by Gasteiger charge is -2.09. The standard InChI is InChI=1S/C16H13FN2O4S/c1-24(21,22)13-4-5-15(20)19(10-13)9-12-3-2-11(8-14(12)17)16-18-6-7-23-16/h2-8,10H,9H2,1H3. The summed E-state index contributed by atoms with van der Waals surface area (Å²) in [5.41, 5.74) is 0.301. The van der Waals surface area contributed by atoms with Crippen molar-refractivity contribution in [3.05, 3.63) is 70.7 Å². The van der Waals surface area contributed by atoms with Crippen LogP contribution in [-0.2, 0) is 16.4 Å². The maximum atomic E-state index is 14.3. The molecule has 0 saturated heterocycles. The fraction of sp³-hybridized carbons (Fsp3) is 0.125. The summed E-state index contributed by atoms with van der Waals surface area (Å²) in [4.78, 5) is 15.8. The van der Waals surface area contributed by atoms with Gasteiger partial charge in [0.05, 0.1) is 17.6 Å². The van der Waals surface area contributed by atoms with E-state index in [9.17, 15) is 17.6 Å². The quantitative estimate of drug-likeness (QED) is 0.721. The third-order valence-electron chi connectivity index (χ3n) is 3.46. The molecule has 0 saturated carbocycles. The van der Waals surface area contributed by atoms with Gasteiger partial charge in [0.1, 0.15) is 12.1 Å². The highest BCUT2D eigenvalue weighted by atomic mass is 32.2. The van der Waals surface area contributed by atoms with Crippen LogP contribution in [0, 0.1) is 5.82 Å². The number of benzene rings is 1. The first-order valence-electron chi connectivity index (χ1n) is 6.93. The Morgan fingerprint density at radius 2 is 2.04 bits per heavy atom. The molecule has 6 nitrogen and oxygen atoms in total. The van der Waals surface area contributed by atoms with Gasteiger partial charge in [0.25, 0.3) is 5.56 Å². The zero-order chi connectivity index (χ0) is 17.3. The second-order valence-electron chi connectivity index (χ2n) is 5.25. The molecule has 8 heteroatoms. The van der Waals surface area contributed by atoms with Crippen LogP contribution in [-0.4, -0.2) is 24.2 Å².